The van der Waals surface area contributed by atoms with E-state index in [0.29, 0.717) is 52.2 Å². The number of hydrogen-bond acceptors (Lipinski definition) is 14. The van der Waals surface area contributed by atoms with E-state index in [9.17, 15) is 0 Å². The average Bonchev–Trinajstić information content (AvgIpc) is 1.54. The zero-order valence-corrected chi connectivity index (χ0v) is 67.4. The molecule has 0 saturated heterocycles. The fourth-order valence-corrected chi connectivity index (χ4v) is 19.4. The highest BCUT2D eigenvalue weighted by atomic mass is 16.3. The van der Waals surface area contributed by atoms with E-state index in [4.69, 9.17) is 58.1 Å². The second-order valence-corrected chi connectivity index (χ2v) is 33.0. The molecular weight excluding hydrogens is 1500 g/mol. The Morgan fingerprint density at radius 3 is 1.37 bits per heavy atom. The van der Waals surface area contributed by atoms with E-state index in [1.165, 1.54) is 82.9 Å². The highest BCUT2D eigenvalue weighted by Crippen LogP contribution is 2.59. The Labute approximate surface area is 701 Å². The van der Waals surface area contributed by atoms with Gasteiger partial charge in [0.05, 0.1) is 11.2 Å². The molecule has 3 aliphatic carbocycles. The number of hydrogen-bond donors (Lipinski definition) is 0. The van der Waals surface area contributed by atoms with Crippen LogP contribution in [0.1, 0.15) is 74.9 Å². The van der Waals surface area contributed by atoms with Crippen LogP contribution in [0.3, 0.4) is 0 Å². The number of nitrogens with zero attached hydrogens (tertiary/aromatic N) is 11. The fourth-order valence-electron chi connectivity index (χ4n) is 19.4. The first-order valence-electron chi connectivity index (χ1n) is 41.1. The van der Waals surface area contributed by atoms with Gasteiger partial charge >= 0.3 is 0 Å². The van der Waals surface area contributed by atoms with Crippen molar-refractivity contribution in [3.05, 3.63) is 367 Å². The molecule has 0 fully saturated rings. The number of fused-ring (bicyclic) bond motifs is 23. The van der Waals surface area contributed by atoms with Crippen LogP contribution in [0, 0.1) is 0 Å². The van der Waals surface area contributed by atoms with Crippen LogP contribution in [0.5, 0.6) is 0 Å². The third kappa shape index (κ3) is 11.3. The fraction of sp³-hybridized carbons (Fsp3) is 0.0833. The molecule has 0 N–H and O–H groups in total. The zero-order valence-electron chi connectivity index (χ0n) is 67.4. The van der Waals surface area contributed by atoms with Crippen molar-refractivity contribution in [2.75, 3.05) is 0 Å². The number of rotatable bonds is 8. The van der Waals surface area contributed by atoms with Crippen molar-refractivity contribution < 1.29 is 13.3 Å². The van der Waals surface area contributed by atoms with Crippen molar-refractivity contribution >= 4 is 87.5 Å². The summed E-state index contributed by atoms with van der Waals surface area (Å²) >= 11 is 0. The summed E-state index contributed by atoms with van der Waals surface area (Å²) in [5.74, 6) is 4.14. The largest absolute Gasteiger partial charge is 0.456 e. The molecule has 0 unspecified atom stereocenters. The predicted molar refractivity (Wildman–Crippen MR) is 488 cm³/mol. The highest BCUT2D eigenvalue weighted by Gasteiger charge is 2.44. The third-order valence-electron chi connectivity index (χ3n) is 24.8. The molecule has 9 heterocycles. The van der Waals surface area contributed by atoms with Gasteiger partial charge < -0.3 is 13.3 Å². The lowest BCUT2D eigenvalue weighted by atomic mass is 9.78. The molecule has 578 valence electrons. The maximum absolute atomic E-state index is 6.48. The van der Waals surface area contributed by atoms with Crippen molar-refractivity contribution in [3.63, 3.8) is 0 Å². The summed E-state index contributed by atoms with van der Waals surface area (Å²) in [6.45, 7) is 13.8. The van der Waals surface area contributed by atoms with Gasteiger partial charge in [0, 0.05) is 106 Å². The smallest absolute Gasteiger partial charge is 0.183 e. The van der Waals surface area contributed by atoms with E-state index in [1.54, 1.807) is 12.4 Å². The van der Waals surface area contributed by atoms with E-state index in [0.717, 1.165) is 111 Å². The topological polar surface area (TPSA) is 181 Å². The SMILES string of the molecule is CC1(C)c2c(-c3nc(-c4ccccc4)nc(-c4nccc5ccccc45)n3)cccc2-c2ccc3oc4ccccc4c3c21.CC1(C)c2cc(-c3nc(-c4ccccn4)nc(-c4ccccn4)n3)ccc2-c2ccc3oc4ccccc4c3c21.CC1(C)c2ccccc2-c2c(-c3nc(-c4ccccc4)c4ccccc4n3)cc3oc4ccccc4c3c21. The maximum Gasteiger partial charge on any atom is 0.183 e. The molecule has 13 aromatic carbocycles. The maximum atomic E-state index is 6.48. The number of aromatic nitrogens is 11. The van der Waals surface area contributed by atoms with Crippen molar-refractivity contribution in [1.29, 1.82) is 0 Å². The molecule has 14 nitrogen and oxygen atoms in total. The molecule has 0 aliphatic heterocycles. The Hall–Kier alpha value is -15.7. The van der Waals surface area contributed by atoms with E-state index in [2.05, 4.69) is 240 Å². The number of furan rings is 3. The van der Waals surface area contributed by atoms with E-state index >= 15 is 0 Å². The molecule has 122 heavy (non-hydrogen) atoms. The lowest BCUT2D eigenvalue weighted by Crippen LogP contribution is -2.17. The molecule has 14 heteroatoms. The summed E-state index contributed by atoms with van der Waals surface area (Å²) in [7, 11) is 0. The molecule has 0 atom stereocenters. The van der Waals surface area contributed by atoms with Crippen molar-refractivity contribution in [2.45, 2.75) is 57.8 Å². The van der Waals surface area contributed by atoms with Gasteiger partial charge in [-0.3, -0.25) is 15.0 Å². The average molecular weight is 1570 g/mol. The Bertz CT molecular complexity index is 7990. The first kappa shape index (κ1) is 71.6. The summed E-state index contributed by atoms with van der Waals surface area (Å²) in [4.78, 5) is 53.9. The molecule has 3 aliphatic rings. The van der Waals surface area contributed by atoms with Gasteiger partial charge in [0.15, 0.2) is 40.8 Å². The summed E-state index contributed by atoms with van der Waals surface area (Å²) in [5.41, 5.74) is 28.5. The number of pyridine rings is 3. The first-order valence-corrected chi connectivity index (χ1v) is 41.1. The van der Waals surface area contributed by atoms with Gasteiger partial charge in [-0.2, -0.15) is 0 Å². The Kier molecular flexibility index (Phi) is 16.3. The van der Waals surface area contributed by atoms with Crippen molar-refractivity contribution in [1.82, 2.24) is 54.8 Å². The van der Waals surface area contributed by atoms with Crippen LogP contribution < -0.4 is 0 Å². The van der Waals surface area contributed by atoms with E-state index < -0.39 is 0 Å². The minimum absolute atomic E-state index is 0.202. The summed E-state index contributed by atoms with van der Waals surface area (Å²) in [6.07, 6.45) is 5.31. The lowest BCUT2D eigenvalue weighted by molar-refractivity contribution is 0.657. The molecular formula is C108H73N11O3. The monoisotopic (exact) mass is 1570 g/mol. The quantitative estimate of drug-likeness (QED) is 0.140. The lowest BCUT2D eigenvalue weighted by Gasteiger charge is -2.24. The van der Waals surface area contributed by atoms with Gasteiger partial charge in [-0.1, -0.05) is 278 Å². The molecule has 9 aromatic heterocycles. The summed E-state index contributed by atoms with van der Waals surface area (Å²) in [5, 5.41) is 10.1. The molecule has 25 rings (SSSR count). The van der Waals surface area contributed by atoms with Crippen LogP contribution in [0.25, 0.3) is 212 Å². The zero-order chi connectivity index (χ0) is 81.7. The molecule has 0 amide bonds. The number of para-hydroxylation sites is 4. The molecule has 0 radical (unpaired) electrons. The summed E-state index contributed by atoms with van der Waals surface area (Å²) < 4.78 is 19.0. The minimum atomic E-state index is -0.342. The van der Waals surface area contributed by atoms with Crippen LogP contribution in [0.2, 0.25) is 0 Å². The van der Waals surface area contributed by atoms with Crippen molar-refractivity contribution in [3.8, 4) is 125 Å². The van der Waals surface area contributed by atoms with Gasteiger partial charge in [0.2, 0.25) is 0 Å². The van der Waals surface area contributed by atoms with Gasteiger partial charge in [0.1, 0.15) is 50.6 Å². The van der Waals surface area contributed by atoms with Crippen LogP contribution >= 0.6 is 0 Å². The Morgan fingerprint density at radius 2 is 0.705 bits per heavy atom. The number of benzene rings is 13. The molecule has 0 spiro atoms. The van der Waals surface area contributed by atoms with Crippen LogP contribution in [-0.4, -0.2) is 54.8 Å². The van der Waals surface area contributed by atoms with Gasteiger partial charge in [-0.15, -0.1) is 0 Å². The second kappa shape index (κ2) is 27.7. The Balaban J connectivity index is 0.000000107. The van der Waals surface area contributed by atoms with E-state index in [1.807, 2.05) is 134 Å². The normalized spacial score (nSPS) is 13.5. The molecule has 0 bridgehead atoms. The van der Waals surface area contributed by atoms with Crippen LogP contribution in [-0.2, 0) is 16.2 Å². The van der Waals surface area contributed by atoms with Gasteiger partial charge in [0.25, 0.3) is 0 Å². The van der Waals surface area contributed by atoms with Gasteiger partial charge in [-0.25, -0.2) is 39.9 Å². The molecule has 0 saturated carbocycles. The third-order valence-corrected chi connectivity index (χ3v) is 24.8. The molecule has 22 aromatic rings. The van der Waals surface area contributed by atoms with Crippen LogP contribution in [0.4, 0.5) is 0 Å². The van der Waals surface area contributed by atoms with E-state index in [-0.39, 0.29) is 16.2 Å². The summed E-state index contributed by atoms with van der Waals surface area (Å²) in [6, 6.07) is 108. The highest BCUT2D eigenvalue weighted by molar-refractivity contribution is 6.16. The van der Waals surface area contributed by atoms with Crippen molar-refractivity contribution in [2.24, 2.45) is 0 Å². The standard InChI is InChI=1S/C39H26N4O.C35H24N2O.C34H23N5O/c1-39(2)33-26(27-19-20-31-32(34(27)39)28-15-8-9-18-30(28)44-31)16-10-17-29(33)37-41-36(24-12-4-3-5-13-24)42-38(43-37)35-25-14-7-6-11-23(25)21-22-40-35;1-35(2)26-17-9-6-14-22(26)30-25(20-29-31(32(30)35)24-16-8-11-19-28(24)38-29)34-36-27-18-10-7-15-23(27)33(37-34)21-12-4-3-5-13-21;1-34(2)24-19-20(13-14-21(24)22-15-16-28-29(30(22)34)23-9-3-4-12-27(23)40-28)31-37-32(25-10-5-7-17-35-25)39-33(38-31)26-11-6-8-18-36-26/h3-22H,1-2H3;3-20H,1-2H3;3-19H,1-2H3. The van der Waals surface area contributed by atoms with Crippen LogP contribution in [0.15, 0.2) is 347 Å². The predicted octanol–water partition coefficient (Wildman–Crippen LogP) is 26.7. The van der Waals surface area contributed by atoms with Gasteiger partial charge in [-0.05, 0) is 151 Å². The Morgan fingerprint density at radius 1 is 0.230 bits per heavy atom. The minimum Gasteiger partial charge on any atom is -0.456 e. The first-order chi connectivity index (χ1) is 59.8. The second-order valence-electron chi connectivity index (χ2n) is 33.0.